The fourth-order valence-corrected chi connectivity index (χ4v) is 3.90. The molecule has 0 radical (unpaired) electrons. The number of hydrogen-bond acceptors (Lipinski definition) is 4. The predicted molar refractivity (Wildman–Crippen MR) is 106 cm³/mol. The number of ether oxygens (including phenoxy) is 1. The van der Waals surface area contributed by atoms with E-state index in [1.54, 1.807) is 7.11 Å². The van der Waals surface area contributed by atoms with E-state index in [1.807, 2.05) is 44.2 Å². The Morgan fingerprint density at radius 2 is 1.88 bits per heavy atom. The zero-order valence-corrected chi connectivity index (χ0v) is 16.8. The maximum atomic E-state index is 12.7. The Labute approximate surface area is 159 Å². The van der Waals surface area contributed by atoms with Crippen LogP contribution in [0.3, 0.4) is 0 Å². The first-order valence-corrected chi connectivity index (χ1v) is 9.53. The topological polar surface area (TPSA) is 60.3 Å². The van der Waals surface area contributed by atoms with Gasteiger partial charge in [0.2, 0.25) is 5.91 Å². The molecular formula is C20H26N2O3S. The first-order valence-electron chi connectivity index (χ1n) is 8.54. The number of aryl methyl sites for hydroxylation is 1. The number of anilines is 1. The average molecular weight is 375 g/mol. The molecule has 0 fully saturated rings. The van der Waals surface area contributed by atoms with Crippen LogP contribution in [0.25, 0.3) is 0 Å². The molecule has 1 atom stereocenters. The van der Waals surface area contributed by atoms with Gasteiger partial charge in [0.25, 0.3) is 0 Å². The lowest BCUT2D eigenvalue weighted by Gasteiger charge is -2.17. The maximum absolute atomic E-state index is 12.7. The molecule has 1 amide bonds. The highest BCUT2D eigenvalue weighted by Gasteiger charge is 2.18. The zero-order valence-electron chi connectivity index (χ0n) is 16.0. The monoisotopic (exact) mass is 374 g/mol. The molecule has 0 aliphatic carbocycles. The number of thioether (sulfide) groups is 1. The van der Waals surface area contributed by atoms with Crippen LogP contribution in [0.5, 0.6) is 0 Å². The second-order valence-corrected chi connectivity index (χ2v) is 7.43. The second-order valence-electron chi connectivity index (χ2n) is 6.38. The summed E-state index contributed by atoms with van der Waals surface area (Å²) in [6.45, 7) is 8.18. The van der Waals surface area contributed by atoms with E-state index in [2.05, 4.69) is 16.8 Å². The summed E-state index contributed by atoms with van der Waals surface area (Å²) in [5, 5.41) is 2.73. The van der Waals surface area contributed by atoms with Crippen molar-refractivity contribution in [1.29, 1.82) is 0 Å². The lowest BCUT2D eigenvalue weighted by Crippen LogP contribution is -2.14. The number of nitrogens with one attached hydrogen (secondary N) is 1. The van der Waals surface area contributed by atoms with Gasteiger partial charge in [0.1, 0.15) is 0 Å². The molecule has 0 aliphatic heterocycles. The smallest absolute Gasteiger partial charge is 0.221 e. The molecule has 2 aromatic rings. The van der Waals surface area contributed by atoms with Crippen LogP contribution in [0.4, 0.5) is 5.69 Å². The maximum Gasteiger partial charge on any atom is 0.221 e. The van der Waals surface area contributed by atoms with Crippen LogP contribution in [0.2, 0.25) is 0 Å². The summed E-state index contributed by atoms with van der Waals surface area (Å²) >= 11 is 1.50. The first-order chi connectivity index (χ1) is 12.3. The number of hydrogen-bond donors (Lipinski definition) is 1. The van der Waals surface area contributed by atoms with Gasteiger partial charge in [-0.1, -0.05) is 0 Å². The number of amides is 1. The number of carbonyl (C=O) groups excluding carboxylic acids is 2. The highest BCUT2D eigenvalue weighted by molar-refractivity contribution is 8.00. The third-order valence-corrected chi connectivity index (χ3v) is 5.19. The third-order valence-electron chi connectivity index (χ3n) is 4.18. The van der Waals surface area contributed by atoms with Gasteiger partial charge in [-0.15, -0.1) is 11.8 Å². The van der Waals surface area contributed by atoms with Crippen LogP contribution in [0.15, 0.2) is 35.2 Å². The van der Waals surface area contributed by atoms with Crippen LogP contribution < -0.4 is 5.32 Å². The van der Waals surface area contributed by atoms with Crippen LogP contribution in [0.1, 0.15) is 41.6 Å². The van der Waals surface area contributed by atoms with Crippen molar-refractivity contribution in [3.05, 3.63) is 47.3 Å². The Hall–Kier alpha value is -2.05. The molecule has 140 valence electrons. The molecule has 0 saturated heterocycles. The Morgan fingerprint density at radius 3 is 2.46 bits per heavy atom. The van der Waals surface area contributed by atoms with Crippen molar-refractivity contribution in [3.63, 3.8) is 0 Å². The van der Waals surface area contributed by atoms with E-state index in [0.29, 0.717) is 12.4 Å². The first kappa shape index (κ1) is 20.3. The zero-order chi connectivity index (χ0) is 19.3. The number of Topliss-reactive ketones (excluding diaryl/α,β-unsaturated/α-hetero) is 1. The molecule has 5 nitrogen and oxygen atoms in total. The lowest BCUT2D eigenvalue weighted by molar-refractivity contribution is -0.114. The average Bonchev–Trinajstić information content (AvgIpc) is 2.88. The van der Waals surface area contributed by atoms with Crippen molar-refractivity contribution in [2.24, 2.45) is 0 Å². The van der Waals surface area contributed by atoms with Gasteiger partial charge in [0, 0.05) is 41.6 Å². The van der Waals surface area contributed by atoms with Crippen LogP contribution in [-0.2, 0) is 9.53 Å². The number of nitrogens with zero attached hydrogens (tertiary/aromatic N) is 1. The molecule has 0 spiro atoms. The Morgan fingerprint density at radius 1 is 1.23 bits per heavy atom. The van der Waals surface area contributed by atoms with Crippen LogP contribution in [0, 0.1) is 13.8 Å². The summed E-state index contributed by atoms with van der Waals surface area (Å²) in [5.41, 5.74) is 3.58. The minimum absolute atomic E-state index is 0.0985. The standard InChI is InChI=1S/C20H26N2O3S/c1-13-10-19(15(3)22(13)14(2)11-25-5)20(24)12-26-18-8-6-17(7-9-18)21-16(4)23/h6-10,14H,11-12H2,1-5H3,(H,21,23)/t14-/m0/s1. The minimum atomic E-state index is -0.0985. The van der Waals surface area contributed by atoms with E-state index in [4.69, 9.17) is 4.74 Å². The molecule has 1 aromatic heterocycles. The fraction of sp³-hybridized carbons (Fsp3) is 0.400. The lowest BCUT2D eigenvalue weighted by atomic mass is 10.2. The second kappa shape index (κ2) is 9.05. The van der Waals surface area contributed by atoms with Gasteiger partial charge in [-0.2, -0.15) is 0 Å². The number of aromatic nitrogens is 1. The SMILES string of the molecule is COC[C@H](C)n1c(C)cc(C(=O)CSc2ccc(NC(C)=O)cc2)c1C. The Kier molecular flexibility index (Phi) is 7.06. The molecule has 0 aliphatic rings. The summed E-state index contributed by atoms with van der Waals surface area (Å²) in [4.78, 5) is 24.7. The van der Waals surface area contributed by atoms with Crippen molar-refractivity contribution in [3.8, 4) is 0 Å². The third kappa shape index (κ3) is 4.99. The molecule has 1 N–H and O–H groups in total. The molecular weight excluding hydrogens is 348 g/mol. The van der Waals surface area contributed by atoms with E-state index in [0.717, 1.165) is 27.5 Å². The highest BCUT2D eigenvalue weighted by Crippen LogP contribution is 2.25. The number of benzene rings is 1. The van der Waals surface area contributed by atoms with E-state index in [-0.39, 0.29) is 17.7 Å². The molecule has 6 heteroatoms. The molecule has 1 heterocycles. The van der Waals surface area contributed by atoms with E-state index in [1.165, 1.54) is 18.7 Å². The van der Waals surface area contributed by atoms with Gasteiger partial charge in [-0.05, 0) is 51.1 Å². The molecule has 0 unspecified atom stereocenters. The quantitative estimate of drug-likeness (QED) is 0.554. The summed E-state index contributed by atoms with van der Waals surface area (Å²) in [6.07, 6.45) is 0. The molecule has 26 heavy (non-hydrogen) atoms. The van der Waals surface area contributed by atoms with Crippen molar-refractivity contribution in [1.82, 2.24) is 4.57 Å². The van der Waals surface area contributed by atoms with Gasteiger partial charge in [0.05, 0.1) is 18.4 Å². The van der Waals surface area contributed by atoms with Gasteiger partial charge < -0.3 is 14.6 Å². The summed E-state index contributed by atoms with van der Waals surface area (Å²) in [6, 6.07) is 9.65. The van der Waals surface area contributed by atoms with Gasteiger partial charge in [-0.25, -0.2) is 0 Å². The highest BCUT2D eigenvalue weighted by atomic mass is 32.2. The molecule has 1 aromatic carbocycles. The van der Waals surface area contributed by atoms with E-state index >= 15 is 0 Å². The molecule has 0 saturated carbocycles. The normalized spacial score (nSPS) is 12.0. The Bertz CT molecular complexity index is 781. The van der Waals surface area contributed by atoms with Crippen molar-refractivity contribution < 1.29 is 14.3 Å². The van der Waals surface area contributed by atoms with Gasteiger partial charge in [-0.3, -0.25) is 9.59 Å². The van der Waals surface area contributed by atoms with E-state index < -0.39 is 0 Å². The number of rotatable bonds is 8. The van der Waals surface area contributed by atoms with E-state index in [9.17, 15) is 9.59 Å². The fourth-order valence-electron chi connectivity index (χ4n) is 3.12. The summed E-state index contributed by atoms with van der Waals surface area (Å²) in [7, 11) is 1.69. The predicted octanol–water partition coefficient (Wildman–Crippen LogP) is 4.25. The van der Waals surface area contributed by atoms with Crippen LogP contribution in [-0.4, -0.2) is 35.7 Å². The summed E-state index contributed by atoms with van der Waals surface area (Å²) < 4.78 is 7.40. The number of ketones is 1. The van der Waals surface area contributed by atoms with Gasteiger partial charge >= 0.3 is 0 Å². The summed E-state index contributed by atoms with van der Waals surface area (Å²) in [5.74, 6) is 0.395. The number of methoxy groups -OCH3 is 1. The van der Waals surface area contributed by atoms with Crippen molar-refractivity contribution >= 4 is 29.1 Å². The van der Waals surface area contributed by atoms with Gasteiger partial charge in [0.15, 0.2) is 5.78 Å². The molecule has 2 rings (SSSR count). The minimum Gasteiger partial charge on any atom is -0.383 e. The van der Waals surface area contributed by atoms with Crippen molar-refractivity contribution in [2.75, 3.05) is 24.8 Å². The Balaban J connectivity index is 2.04. The largest absolute Gasteiger partial charge is 0.383 e. The van der Waals surface area contributed by atoms with Crippen molar-refractivity contribution in [2.45, 2.75) is 38.6 Å². The number of carbonyl (C=O) groups is 2. The molecule has 0 bridgehead atoms. The van der Waals surface area contributed by atoms with Crippen LogP contribution >= 0.6 is 11.8 Å².